The summed E-state index contributed by atoms with van der Waals surface area (Å²) in [6.07, 6.45) is 7.94. The highest BCUT2D eigenvalue weighted by atomic mass is 35.5. The summed E-state index contributed by atoms with van der Waals surface area (Å²) < 4.78 is 10.9. The lowest BCUT2D eigenvalue weighted by Crippen LogP contribution is -1.97. The van der Waals surface area contributed by atoms with Crippen molar-refractivity contribution in [3.63, 3.8) is 0 Å². The molecule has 30 heavy (non-hydrogen) atoms. The van der Waals surface area contributed by atoms with Gasteiger partial charge in [0.05, 0.1) is 12.1 Å². The smallest absolute Gasteiger partial charge is 0.219 e. The number of nitrogens with zero attached hydrogens (tertiary/aromatic N) is 2. The number of Topliss-reactive ketones (excluding diaryl/α,β-unsaturated/α-hetero) is 1. The fraction of sp³-hybridized carbons (Fsp3) is 0.208. The number of allylic oxidation sites excluding steroid dienone is 1. The van der Waals surface area contributed by atoms with E-state index in [0.717, 1.165) is 16.7 Å². The van der Waals surface area contributed by atoms with Crippen molar-refractivity contribution in [3.05, 3.63) is 71.5 Å². The van der Waals surface area contributed by atoms with Crippen LogP contribution in [0.3, 0.4) is 0 Å². The molecule has 0 saturated heterocycles. The van der Waals surface area contributed by atoms with E-state index in [1.54, 1.807) is 44.6 Å². The van der Waals surface area contributed by atoms with Gasteiger partial charge in [-0.3, -0.25) is 0 Å². The van der Waals surface area contributed by atoms with E-state index in [0.29, 0.717) is 29.0 Å². The van der Waals surface area contributed by atoms with Gasteiger partial charge in [0.1, 0.15) is 11.5 Å². The van der Waals surface area contributed by atoms with Crippen molar-refractivity contribution in [3.8, 4) is 28.6 Å². The van der Waals surface area contributed by atoms with Gasteiger partial charge in [0, 0.05) is 36.5 Å². The summed E-state index contributed by atoms with van der Waals surface area (Å²) in [7, 11) is 1.58. The lowest BCUT2D eigenvalue weighted by molar-refractivity contribution is -0.117. The first kappa shape index (κ1) is 21.5. The topological polar surface area (TPSA) is 61.3 Å². The predicted molar refractivity (Wildman–Crippen MR) is 119 cm³/mol. The molecule has 154 valence electrons. The summed E-state index contributed by atoms with van der Waals surface area (Å²) in [6.45, 7) is 3.61. The molecule has 6 heteroatoms. The highest BCUT2D eigenvalue weighted by Crippen LogP contribution is 2.33. The molecule has 0 unspecified atom stereocenters. The maximum atomic E-state index is 11.2. The van der Waals surface area contributed by atoms with Crippen molar-refractivity contribution in [1.82, 2.24) is 9.97 Å². The molecule has 3 rings (SSSR count). The van der Waals surface area contributed by atoms with Gasteiger partial charge in [0.25, 0.3) is 0 Å². The van der Waals surface area contributed by atoms with Gasteiger partial charge in [-0.15, -0.1) is 0 Å². The first-order chi connectivity index (χ1) is 14.4. The fourth-order valence-electron chi connectivity index (χ4n) is 2.90. The number of carbonyl (C=O) groups is 1. The Hall–Kier alpha value is -3.18. The zero-order valence-electron chi connectivity index (χ0n) is 17.1. The zero-order chi connectivity index (χ0) is 21.5. The lowest BCUT2D eigenvalue weighted by Gasteiger charge is -2.09. The minimum atomic E-state index is 0.181. The summed E-state index contributed by atoms with van der Waals surface area (Å²) in [5, 5.41) is 0.479. The second-order valence-corrected chi connectivity index (χ2v) is 7.42. The Labute approximate surface area is 181 Å². The molecule has 5 nitrogen and oxygen atoms in total. The molecule has 0 fully saturated rings. The van der Waals surface area contributed by atoms with Crippen LogP contribution in [-0.2, 0) is 4.79 Å². The predicted octanol–water partition coefficient (Wildman–Crippen LogP) is 6.23. The summed E-state index contributed by atoms with van der Waals surface area (Å²) in [5.74, 6) is 1.90. The van der Waals surface area contributed by atoms with Gasteiger partial charge in [0.15, 0.2) is 0 Å². The van der Waals surface area contributed by atoms with E-state index in [9.17, 15) is 4.79 Å². The lowest BCUT2D eigenvalue weighted by atomic mass is 10.0. The molecular weight excluding hydrogens is 400 g/mol. The number of hydrogen-bond donors (Lipinski definition) is 0. The van der Waals surface area contributed by atoms with Gasteiger partial charge in [-0.25, -0.2) is 9.97 Å². The van der Waals surface area contributed by atoms with Gasteiger partial charge in [0.2, 0.25) is 11.8 Å². The van der Waals surface area contributed by atoms with E-state index in [1.165, 1.54) is 0 Å². The number of methoxy groups -OCH3 is 1. The number of carbonyl (C=O) groups excluding carboxylic acids is 1. The van der Waals surface area contributed by atoms with Crippen molar-refractivity contribution < 1.29 is 14.3 Å². The maximum Gasteiger partial charge on any atom is 0.219 e. The second kappa shape index (κ2) is 10.0. The number of aromatic nitrogens is 2. The minimum Gasteiger partial charge on any atom is -0.481 e. The van der Waals surface area contributed by atoms with Crippen LogP contribution in [0.2, 0.25) is 5.02 Å². The van der Waals surface area contributed by atoms with Crippen molar-refractivity contribution >= 4 is 23.5 Å². The van der Waals surface area contributed by atoms with Crippen molar-refractivity contribution in [1.29, 1.82) is 0 Å². The molecule has 0 aliphatic carbocycles. The van der Waals surface area contributed by atoms with Gasteiger partial charge >= 0.3 is 0 Å². The number of halogens is 1. The van der Waals surface area contributed by atoms with Gasteiger partial charge in [-0.2, -0.15) is 0 Å². The second-order valence-electron chi connectivity index (χ2n) is 7.01. The summed E-state index contributed by atoms with van der Waals surface area (Å²) in [5.41, 5.74) is 2.79. The Balaban J connectivity index is 1.67. The molecule has 0 N–H and O–H groups in total. The molecule has 1 aromatic carbocycles. The van der Waals surface area contributed by atoms with Crippen LogP contribution in [0.1, 0.15) is 25.8 Å². The molecule has 2 heterocycles. The molecule has 0 aliphatic heterocycles. The Bertz CT molecular complexity index is 1030. The van der Waals surface area contributed by atoms with Crippen LogP contribution >= 0.6 is 11.6 Å². The van der Waals surface area contributed by atoms with Crippen LogP contribution in [0, 0.1) is 5.92 Å². The van der Waals surface area contributed by atoms with E-state index in [-0.39, 0.29) is 11.7 Å². The molecule has 0 bridgehead atoms. The first-order valence-electron chi connectivity index (χ1n) is 9.56. The summed E-state index contributed by atoms with van der Waals surface area (Å²) >= 11 is 6.41. The van der Waals surface area contributed by atoms with Crippen LogP contribution < -0.4 is 9.47 Å². The highest BCUT2D eigenvalue weighted by molar-refractivity contribution is 6.32. The van der Waals surface area contributed by atoms with E-state index in [2.05, 4.69) is 9.97 Å². The van der Waals surface area contributed by atoms with Gasteiger partial charge in [-0.1, -0.05) is 36.7 Å². The highest BCUT2D eigenvalue weighted by Gasteiger charge is 2.08. The van der Waals surface area contributed by atoms with E-state index < -0.39 is 0 Å². The number of rotatable bonds is 8. The minimum absolute atomic E-state index is 0.181. The van der Waals surface area contributed by atoms with Crippen LogP contribution in [-0.4, -0.2) is 22.9 Å². The fourth-order valence-corrected chi connectivity index (χ4v) is 3.11. The molecule has 3 aromatic rings. The largest absolute Gasteiger partial charge is 0.481 e. The molecule has 1 atom stereocenters. The SMILES string of the molecule is COc1ccc(-c2ccc(Oc3ccc(/C=C/[C@H](C)CC(C)=O)cn3)c(Cl)c2)cn1. The Morgan fingerprint density at radius 3 is 2.40 bits per heavy atom. The summed E-state index contributed by atoms with van der Waals surface area (Å²) in [6, 6.07) is 13.0. The normalized spacial score (nSPS) is 12.0. The van der Waals surface area contributed by atoms with Crippen molar-refractivity contribution in [2.45, 2.75) is 20.3 Å². The van der Waals surface area contributed by atoms with Crippen LogP contribution in [0.15, 0.2) is 60.9 Å². The molecule has 0 amide bonds. The van der Waals surface area contributed by atoms with Gasteiger partial charge in [-0.05, 0) is 48.2 Å². The molecular formula is C24H23ClN2O3. The average molecular weight is 423 g/mol. The number of ether oxygens (including phenoxy) is 2. The Morgan fingerprint density at radius 2 is 1.80 bits per heavy atom. The van der Waals surface area contributed by atoms with Crippen LogP contribution in [0.25, 0.3) is 17.2 Å². The molecule has 0 aliphatic rings. The number of ketones is 1. The quantitative estimate of drug-likeness (QED) is 0.430. The van der Waals surface area contributed by atoms with Crippen LogP contribution in [0.5, 0.6) is 17.5 Å². The van der Waals surface area contributed by atoms with Gasteiger partial charge < -0.3 is 14.3 Å². The van der Waals surface area contributed by atoms with E-state index >= 15 is 0 Å². The van der Waals surface area contributed by atoms with Crippen LogP contribution in [0.4, 0.5) is 0 Å². The Morgan fingerprint density at radius 1 is 1.07 bits per heavy atom. The van der Waals surface area contributed by atoms with Crippen molar-refractivity contribution in [2.24, 2.45) is 5.92 Å². The standard InChI is InChI=1S/C24H23ClN2O3/c1-16(12-17(2)28)4-5-18-6-10-24(26-14-18)30-22-9-7-19(13-21(22)25)20-8-11-23(29-3)27-15-20/h4-11,13-16H,12H2,1-3H3/b5-4+/t16-/m0/s1. The third kappa shape index (κ3) is 5.91. The third-order valence-electron chi connectivity index (χ3n) is 4.41. The first-order valence-corrected chi connectivity index (χ1v) is 9.94. The maximum absolute atomic E-state index is 11.2. The van der Waals surface area contributed by atoms with E-state index in [4.69, 9.17) is 21.1 Å². The molecule has 0 radical (unpaired) electrons. The number of benzene rings is 1. The number of pyridine rings is 2. The zero-order valence-corrected chi connectivity index (χ0v) is 17.9. The third-order valence-corrected chi connectivity index (χ3v) is 4.71. The number of hydrogen-bond acceptors (Lipinski definition) is 5. The Kier molecular flexibility index (Phi) is 7.20. The molecule has 0 spiro atoms. The molecule has 0 saturated carbocycles. The molecule has 2 aromatic heterocycles. The van der Waals surface area contributed by atoms with E-state index in [1.807, 2.05) is 43.3 Å². The van der Waals surface area contributed by atoms with Crippen molar-refractivity contribution in [2.75, 3.05) is 7.11 Å². The summed E-state index contributed by atoms with van der Waals surface area (Å²) in [4.78, 5) is 19.7. The average Bonchev–Trinajstić information content (AvgIpc) is 2.74. The monoisotopic (exact) mass is 422 g/mol.